The summed E-state index contributed by atoms with van der Waals surface area (Å²) in [6.07, 6.45) is 0.796. The normalized spacial score (nSPS) is 18.5. The smallest absolute Gasteiger partial charge is 0.325 e. The van der Waals surface area contributed by atoms with E-state index < -0.39 is 11.6 Å². The highest BCUT2D eigenvalue weighted by Crippen LogP contribution is 2.31. The fourth-order valence-corrected chi connectivity index (χ4v) is 4.01. The summed E-state index contributed by atoms with van der Waals surface area (Å²) in [7, 11) is 0. The number of hydrogen-bond donors (Lipinski definition) is 1. The van der Waals surface area contributed by atoms with Gasteiger partial charge in [-0.2, -0.15) is 0 Å². The number of carbonyl (C=O) groups is 3. The van der Waals surface area contributed by atoms with Crippen molar-refractivity contribution in [3.8, 4) is 0 Å². The van der Waals surface area contributed by atoms with Gasteiger partial charge in [-0.3, -0.25) is 14.5 Å². The molecule has 2 fully saturated rings. The summed E-state index contributed by atoms with van der Waals surface area (Å²) in [6, 6.07) is 15.8. The van der Waals surface area contributed by atoms with E-state index >= 15 is 0 Å². The van der Waals surface area contributed by atoms with Gasteiger partial charge in [0.2, 0.25) is 0 Å². The number of nitrogens with one attached hydrogen (secondary N) is 1. The molecule has 1 spiro atoms. The van der Waals surface area contributed by atoms with Crippen LogP contribution in [0.5, 0.6) is 0 Å². The van der Waals surface area contributed by atoms with Gasteiger partial charge >= 0.3 is 6.03 Å². The third-order valence-corrected chi connectivity index (χ3v) is 5.83. The number of amides is 4. The first kappa shape index (κ1) is 18.5. The molecule has 7 heteroatoms. The Labute approximate surface area is 168 Å². The Hall–Kier alpha value is -2.86. The van der Waals surface area contributed by atoms with Gasteiger partial charge in [0.1, 0.15) is 5.54 Å². The molecule has 28 heavy (non-hydrogen) atoms. The van der Waals surface area contributed by atoms with Crippen LogP contribution in [0.3, 0.4) is 0 Å². The molecule has 0 aliphatic carbocycles. The van der Waals surface area contributed by atoms with Crippen molar-refractivity contribution in [3.63, 3.8) is 0 Å². The molecule has 6 nitrogen and oxygen atoms in total. The van der Waals surface area contributed by atoms with Crippen LogP contribution < -0.4 is 5.32 Å². The van der Waals surface area contributed by atoms with Crippen LogP contribution in [0.4, 0.5) is 4.79 Å². The molecule has 4 rings (SSSR count). The van der Waals surface area contributed by atoms with Crippen molar-refractivity contribution in [1.29, 1.82) is 0 Å². The number of carbonyl (C=O) groups excluding carboxylic acids is 3. The molecule has 0 bridgehead atoms. The number of halogens is 1. The Balaban J connectivity index is 1.45. The molecule has 144 valence electrons. The van der Waals surface area contributed by atoms with Crippen molar-refractivity contribution in [1.82, 2.24) is 15.1 Å². The fourth-order valence-electron chi connectivity index (χ4n) is 3.81. The average Bonchev–Trinajstić information content (AvgIpc) is 2.94. The van der Waals surface area contributed by atoms with E-state index in [2.05, 4.69) is 5.32 Å². The van der Waals surface area contributed by atoms with Crippen LogP contribution in [0.2, 0.25) is 5.02 Å². The van der Waals surface area contributed by atoms with Crippen LogP contribution in [0.25, 0.3) is 0 Å². The van der Waals surface area contributed by atoms with Crippen molar-refractivity contribution in [3.05, 3.63) is 70.7 Å². The van der Waals surface area contributed by atoms with Gasteiger partial charge in [0, 0.05) is 23.7 Å². The van der Waals surface area contributed by atoms with E-state index in [1.54, 1.807) is 35.2 Å². The lowest BCUT2D eigenvalue weighted by Gasteiger charge is -2.37. The van der Waals surface area contributed by atoms with Gasteiger partial charge in [-0.1, -0.05) is 48.0 Å². The summed E-state index contributed by atoms with van der Waals surface area (Å²) in [5.74, 6) is -0.302. The first-order chi connectivity index (χ1) is 13.5. The molecule has 2 aliphatic rings. The molecule has 0 radical (unpaired) electrons. The number of urea groups is 1. The number of piperidine rings is 1. The number of imide groups is 1. The highest BCUT2D eigenvalue weighted by Gasteiger charge is 2.52. The van der Waals surface area contributed by atoms with Crippen LogP contribution in [-0.2, 0) is 11.3 Å². The van der Waals surface area contributed by atoms with E-state index in [0.717, 1.165) is 5.56 Å². The summed E-state index contributed by atoms with van der Waals surface area (Å²) in [5.41, 5.74) is 0.410. The Kier molecular flexibility index (Phi) is 4.81. The van der Waals surface area contributed by atoms with E-state index in [1.165, 1.54) is 4.90 Å². The van der Waals surface area contributed by atoms with Gasteiger partial charge in [-0.25, -0.2) is 4.79 Å². The predicted octanol–water partition coefficient (Wildman–Crippen LogP) is 3.07. The Morgan fingerprint density at radius 1 is 1.00 bits per heavy atom. The molecule has 2 heterocycles. The van der Waals surface area contributed by atoms with Gasteiger partial charge < -0.3 is 10.2 Å². The molecule has 2 saturated heterocycles. The summed E-state index contributed by atoms with van der Waals surface area (Å²) in [6.45, 7) is 0.970. The maximum Gasteiger partial charge on any atom is 0.325 e. The zero-order valence-electron chi connectivity index (χ0n) is 15.2. The topological polar surface area (TPSA) is 69.7 Å². The van der Waals surface area contributed by atoms with Crippen molar-refractivity contribution in [2.75, 3.05) is 13.1 Å². The van der Waals surface area contributed by atoms with Crippen molar-refractivity contribution in [2.24, 2.45) is 0 Å². The minimum Gasteiger partial charge on any atom is -0.338 e. The molecule has 0 atom stereocenters. The minimum atomic E-state index is -0.939. The number of benzene rings is 2. The third kappa shape index (κ3) is 3.24. The maximum atomic E-state index is 13.1. The van der Waals surface area contributed by atoms with Crippen LogP contribution in [0.15, 0.2) is 54.6 Å². The first-order valence-corrected chi connectivity index (χ1v) is 9.60. The van der Waals surface area contributed by atoms with Crippen LogP contribution >= 0.6 is 11.6 Å². The molecule has 0 saturated carbocycles. The molecule has 0 aromatic heterocycles. The van der Waals surface area contributed by atoms with Crippen molar-refractivity contribution >= 4 is 29.4 Å². The van der Waals surface area contributed by atoms with Gasteiger partial charge in [-0.15, -0.1) is 0 Å². The molecule has 2 aliphatic heterocycles. The van der Waals surface area contributed by atoms with Gasteiger partial charge in [0.15, 0.2) is 0 Å². The fraction of sp³-hybridized carbons (Fsp3) is 0.286. The maximum absolute atomic E-state index is 13.1. The summed E-state index contributed by atoms with van der Waals surface area (Å²) in [5, 5.41) is 3.39. The molecule has 0 unspecified atom stereocenters. The van der Waals surface area contributed by atoms with Crippen molar-refractivity contribution in [2.45, 2.75) is 24.9 Å². The number of hydrogen-bond acceptors (Lipinski definition) is 3. The van der Waals surface area contributed by atoms with Crippen LogP contribution in [0.1, 0.15) is 28.8 Å². The zero-order chi connectivity index (χ0) is 19.7. The lowest BCUT2D eigenvalue weighted by atomic mass is 9.87. The van der Waals surface area contributed by atoms with E-state index in [-0.39, 0.29) is 18.4 Å². The third-order valence-electron chi connectivity index (χ3n) is 5.46. The largest absolute Gasteiger partial charge is 0.338 e. The Morgan fingerprint density at radius 2 is 1.64 bits per heavy atom. The quantitative estimate of drug-likeness (QED) is 0.809. The second-order valence-electron chi connectivity index (χ2n) is 7.15. The molecular weight excluding hydrogens is 378 g/mol. The average molecular weight is 398 g/mol. The summed E-state index contributed by atoms with van der Waals surface area (Å²) in [4.78, 5) is 41.1. The second kappa shape index (κ2) is 7.28. The Bertz CT molecular complexity index is 924. The van der Waals surface area contributed by atoms with Crippen LogP contribution in [0, 0.1) is 0 Å². The number of likely N-dealkylation sites (tertiary alicyclic amines) is 1. The van der Waals surface area contributed by atoms with E-state index in [1.807, 2.05) is 24.3 Å². The van der Waals surface area contributed by atoms with Gasteiger partial charge in [0.05, 0.1) is 6.54 Å². The predicted molar refractivity (Wildman–Crippen MR) is 105 cm³/mol. The lowest BCUT2D eigenvalue weighted by molar-refractivity contribution is -0.133. The van der Waals surface area contributed by atoms with Crippen molar-refractivity contribution < 1.29 is 14.4 Å². The highest BCUT2D eigenvalue weighted by atomic mass is 35.5. The minimum absolute atomic E-state index is 0.0554. The van der Waals surface area contributed by atoms with E-state index in [4.69, 9.17) is 11.6 Å². The monoisotopic (exact) mass is 397 g/mol. The second-order valence-corrected chi connectivity index (χ2v) is 7.56. The van der Waals surface area contributed by atoms with Gasteiger partial charge in [0.25, 0.3) is 11.8 Å². The standard InChI is InChI=1S/C21H20ClN3O3/c22-17-9-5-4-8-16(17)14-25-19(27)21(23-20(25)28)10-12-24(13-11-21)18(26)15-6-2-1-3-7-15/h1-9H,10-14H2,(H,23,28). The molecule has 1 N–H and O–H groups in total. The van der Waals surface area contributed by atoms with E-state index in [0.29, 0.717) is 36.5 Å². The SMILES string of the molecule is O=C(c1ccccc1)N1CCC2(CC1)NC(=O)N(Cc1ccccc1Cl)C2=O. The Morgan fingerprint density at radius 3 is 2.32 bits per heavy atom. The first-order valence-electron chi connectivity index (χ1n) is 9.22. The lowest BCUT2D eigenvalue weighted by Crippen LogP contribution is -2.55. The van der Waals surface area contributed by atoms with Crippen LogP contribution in [-0.4, -0.2) is 46.3 Å². The molecule has 2 aromatic rings. The zero-order valence-corrected chi connectivity index (χ0v) is 16.0. The highest BCUT2D eigenvalue weighted by molar-refractivity contribution is 6.31. The number of nitrogens with zero attached hydrogens (tertiary/aromatic N) is 2. The van der Waals surface area contributed by atoms with Gasteiger partial charge in [-0.05, 0) is 36.6 Å². The summed E-state index contributed by atoms with van der Waals surface area (Å²) < 4.78 is 0. The molecule has 2 aromatic carbocycles. The molecular formula is C21H20ClN3O3. The summed E-state index contributed by atoms with van der Waals surface area (Å²) >= 11 is 6.17. The number of rotatable bonds is 3. The van der Waals surface area contributed by atoms with E-state index in [9.17, 15) is 14.4 Å². The molecule has 4 amide bonds.